The molecule has 3 heterocycles. The molecule has 0 atom stereocenters. The van der Waals surface area contributed by atoms with Crippen LogP contribution in [0.3, 0.4) is 0 Å². The quantitative estimate of drug-likeness (QED) is 0.718. The fraction of sp³-hybridized carbons (Fsp3) is 0.524. The Labute approximate surface area is 172 Å². The van der Waals surface area contributed by atoms with Gasteiger partial charge in [0.15, 0.2) is 0 Å². The lowest BCUT2D eigenvalue weighted by Gasteiger charge is -2.44. The molecule has 2 saturated heterocycles. The van der Waals surface area contributed by atoms with Crippen LogP contribution in [0, 0.1) is 0 Å². The zero-order chi connectivity index (χ0) is 20.4. The Hall–Kier alpha value is -2.03. The van der Waals surface area contributed by atoms with Crippen LogP contribution in [0.1, 0.15) is 29.8 Å². The Kier molecular flexibility index (Phi) is 5.85. The smallest absolute Gasteiger partial charge is 0.273 e. The molecule has 2 aliphatic heterocycles. The molecule has 2 aliphatic rings. The molecule has 8 heteroatoms. The van der Waals surface area contributed by atoms with E-state index < -0.39 is 10.0 Å². The van der Waals surface area contributed by atoms with Crippen molar-refractivity contribution in [1.82, 2.24) is 19.1 Å². The monoisotopic (exact) mass is 416 g/mol. The zero-order valence-electron chi connectivity index (χ0n) is 16.8. The molecule has 4 rings (SSSR count). The number of aromatic nitrogens is 1. The average molecular weight is 417 g/mol. The summed E-state index contributed by atoms with van der Waals surface area (Å²) in [6, 6.07) is 9.41. The largest absolute Gasteiger partial charge is 0.334 e. The number of rotatable bonds is 6. The number of pyridine rings is 1. The summed E-state index contributed by atoms with van der Waals surface area (Å²) in [7, 11) is -3.32. The van der Waals surface area contributed by atoms with Gasteiger partial charge in [0.1, 0.15) is 5.69 Å². The van der Waals surface area contributed by atoms with Gasteiger partial charge in [-0.1, -0.05) is 30.7 Å². The van der Waals surface area contributed by atoms with Crippen molar-refractivity contribution in [3.05, 3.63) is 42.2 Å². The maximum absolute atomic E-state index is 13.0. The van der Waals surface area contributed by atoms with Gasteiger partial charge in [-0.25, -0.2) is 8.42 Å². The first-order valence-electron chi connectivity index (χ1n) is 10.3. The van der Waals surface area contributed by atoms with Crippen molar-refractivity contribution in [3.63, 3.8) is 0 Å². The van der Waals surface area contributed by atoms with Gasteiger partial charge in [0.2, 0.25) is 10.0 Å². The number of fused-ring (bicyclic) bond motifs is 1. The first-order valence-corrected chi connectivity index (χ1v) is 12.1. The van der Waals surface area contributed by atoms with Gasteiger partial charge in [-0.05, 0) is 37.4 Å². The summed E-state index contributed by atoms with van der Waals surface area (Å²) >= 11 is 0. The number of hydrogen-bond acceptors (Lipinski definition) is 5. The molecule has 1 amide bonds. The lowest BCUT2D eigenvalue weighted by atomic mass is 10.1. The highest BCUT2D eigenvalue weighted by Crippen LogP contribution is 2.23. The topological polar surface area (TPSA) is 73.8 Å². The second-order valence-electron chi connectivity index (χ2n) is 8.02. The lowest BCUT2D eigenvalue weighted by Crippen LogP contribution is -2.63. The van der Waals surface area contributed by atoms with Gasteiger partial charge in [0.25, 0.3) is 5.91 Å². The van der Waals surface area contributed by atoms with E-state index >= 15 is 0 Å². The summed E-state index contributed by atoms with van der Waals surface area (Å²) in [6.07, 6.45) is 6.54. The minimum absolute atomic E-state index is 0.137. The summed E-state index contributed by atoms with van der Waals surface area (Å²) < 4.78 is 26.3. The zero-order valence-corrected chi connectivity index (χ0v) is 17.6. The normalized spacial score (nSPS) is 18.9. The van der Waals surface area contributed by atoms with Crippen LogP contribution < -0.4 is 0 Å². The summed E-state index contributed by atoms with van der Waals surface area (Å²) in [5, 5.41) is 1.80. The molecule has 29 heavy (non-hydrogen) atoms. The highest BCUT2D eigenvalue weighted by atomic mass is 32.2. The van der Waals surface area contributed by atoms with Gasteiger partial charge in [0, 0.05) is 37.8 Å². The third-order valence-corrected chi connectivity index (χ3v) is 7.28. The van der Waals surface area contributed by atoms with Crippen molar-refractivity contribution >= 4 is 26.7 Å². The van der Waals surface area contributed by atoms with E-state index in [9.17, 15) is 13.2 Å². The van der Waals surface area contributed by atoms with Gasteiger partial charge >= 0.3 is 0 Å². The van der Waals surface area contributed by atoms with Crippen molar-refractivity contribution in [1.29, 1.82) is 0 Å². The van der Waals surface area contributed by atoms with Crippen molar-refractivity contribution in [3.8, 4) is 0 Å². The minimum Gasteiger partial charge on any atom is -0.334 e. The second kappa shape index (κ2) is 8.38. The molecule has 156 valence electrons. The van der Waals surface area contributed by atoms with Crippen LogP contribution in [0.15, 0.2) is 36.5 Å². The van der Waals surface area contributed by atoms with E-state index in [-0.39, 0.29) is 11.9 Å². The van der Waals surface area contributed by atoms with Crippen LogP contribution in [-0.2, 0) is 10.0 Å². The molecule has 0 spiro atoms. The van der Waals surface area contributed by atoms with E-state index in [0.717, 1.165) is 30.4 Å². The molecule has 0 aliphatic carbocycles. The predicted octanol–water partition coefficient (Wildman–Crippen LogP) is 1.81. The lowest BCUT2D eigenvalue weighted by molar-refractivity contribution is 0.0434. The van der Waals surface area contributed by atoms with Crippen molar-refractivity contribution in [2.24, 2.45) is 0 Å². The average Bonchev–Trinajstić information content (AvgIpc) is 2.68. The van der Waals surface area contributed by atoms with Crippen molar-refractivity contribution in [2.45, 2.75) is 25.3 Å². The number of hydrogen-bond donors (Lipinski definition) is 0. The van der Waals surface area contributed by atoms with E-state index in [4.69, 9.17) is 0 Å². The molecule has 0 saturated carbocycles. The second-order valence-corrected chi connectivity index (χ2v) is 9.96. The Balaban J connectivity index is 1.41. The summed E-state index contributed by atoms with van der Waals surface area (Å²) in [4.78, 5) is 21.3. The Morgan fingerprint density at radius 2 is 1.86 bits per heavy atom. The highest BCUT2D eigenvalue weighted by Gasteiger charge is 2.39. The predicted molar refractivity (Wildman–Crippen MR) is 113 cm³/mol. The Bertz CT molecular complexity index is 977. The van der Waals surface area contributed by atoms with Gasteiger partial charge in [-0.15, -0.1) is 0 Å². The number of likely N-dealkylation sites (tertiary alicyclic amines) is 2. The molecule has 1 aromatic heterocycles. The summed E-state index contributed by atoms with van der Waals surface area (Å²) in [5.41, 5.74) is 0.431. The molecule has 1 aromatic carbocycles. The van der Waals surface area contributed by atoms with Gasteiger partial charge in [0.05, 0.1) is 12.3 Å². The van der Waals surface area contributed by atoms with E-state index in [0.29, 0.717) is 25.3 Å². The fourth-order valence-corrected chi connectivity index (χ4v) is 5.37. The van der Waals surface area contributed by atoms with E-state index in [2.05, 4.69) is 9.88 Å². The fourth-order valence-electron chi connectivity index (χ4n) is 4.29. The summed E-state index contributed by atoms with van der Waals surface area (Å²) in [6.45, 7) is 4.15. The van der Waals surface area contributed by atoms with E-state index in [1.54, 1.807) is 15.4 Å². The van der Waals surface area contributed by atoms with Crippen LogP contribution in [0.2, 0.25) is 0 Å². The van der Waals surface area contributed by atoms with Gasteiger partial charge < -0.3 is 9.80 Å². The number of carbonyl (C=O) groups excluding carboxylic acids is 1. The third-order valence-electron chi connectivity index (χ3n) is 5.94. The molecule has 0 unspecified atom stereocenters. The number of nitrogens with zero attached hydrogens (tertiary/aromatic N) is 4. The number of sulfonamides is 1. The Morgan fingerprint density at radius 3 is 2.59 bits per heavy atom. The van der Waals surface area contributed by atoms with Crippen molar-refractivity contribution in [2.75, 3.05) is 45.5 Å². The molecule has 0 N–H and O–H groups in total. The first-order chi connectivity index (χ1) is 13.9. The van der Waals surface area contributed by atoms with Crippen LogP contribution in [0.5, 0.6) is 0 Å². The standard InChI is InChI=1S/C21H28N4O3S/c1-29(27,28)25(14-13-23-11-5-2-6-12-23)18-15-24(16-18)21(26)20-19-8-4-3-7-17(19)9-10-22-20/h3-4,7-10,18H,2,5-6,11-16H2,1H3. The SMILES string of the molecule is CS(=O)(=O)N(CCN1CCCCC1)C1CN(C(=O)c2nccc3ccccc23)C1. The molecular weight excluding hydrogens is 388 g/mol. The molecule has 7 nitrogen and oxygen atoms in total. The number of amides is 1. The molecule has 0 bridgehead atoms. The van der Waals surface area contributed by atoms with Gasteiger partial charge in [-0.3, -0.25) is 9.78 Å². The van der Waals surface area contributed by atoms with Crippen LogP contribution >= 0.6 is 0 Å². The van der Waals surface area contributed by atoms with Crippen LogP contribution in [0.4, 0.5) is 0 Å². The van der Waals surface area contributed by atoms with Crippen LogP contribution in [0.25, 0.3) is 10.8 Å². The number of benzene rings is 1. The molecule has 2 aromatic rings. The first kappa shape index (κ1) is 20.3. The summed E-state index contributed by atoms with van der Waals surface area (Å²) in [5.74, 6) is -0.137. The molecular formula is C21H28N4O3S. The third kappa shape index (κ3) is 4.44. The maximum Gasteiger partial charge on any atom is 0.273 e. The number of carbonyl (C=O) groups is 1. The Morgan fingerprint density at radius 1 is 1.14 bits per heavy atom. The van der Waals surface area contributed by atoms with E-state index in [1.165, 1.54) is 25.5 Å². The minimum atomic E-state index is -3.32. The molecule has 0 radical (unpaired) electrons. The van der Waals surface area contributed by atoms with Gasteiger partial charge in [-0.2, -0.15) is 4.31 Å². The highest BCUT2D eigenvalue weighted by molar-refractivity contribution is 7.88. The van der Waals surface area contributed by atoms with Crippen LogP contribution in [-0.4, -0.2) is 85.0 Å². The maximum atomic E-state index is 13.0. The van der Waals surface area contributed by atoms with Crippen molar-refractivity contribution < 1.29 is 13.2 Å². The number of piperidine rings is 1. The van der Waals surface area contributed by atoms with E-state index in [1.807, 2.05) is 30.3 Å². The molecule has 2 fully saturated rings.